The van der Waals surface area contributed by atoms with Crippen LogP contribution in [0.4, 0.5) is 4.39 Å². The summed E-state index contributed by atoms with van der Waals surface area (Å²) >= 11 is 0. The molecule has 0 amide bonds. The van der Waals surface area contributed by atoms with Crippen LogP contribution >= 0.6 is 0 Å². The summed E-state index contributed by atoms with van der Waals surface area (Å²) < 4.78 is 19.2. The van der Waals surface area contributed by atoms with Gasteiger partial charge in [-0.15, -0.1) is 0 Å². The van der Waals surface area contributed by atoms with E-state index in [0.29, 0.717) is 6.42 Å². The number of alkyl halides is 1. The average molecular weight is 292 g/mol. The van der Waals surface area contributed by atoms with Crippen molar-refractivity contribution in [3.8, 4) is 0 Å². The fourth-order valence-electron chi connectivity index (χ4n) is 3.02. The van der Waals surface area contributed by atoms with Gasteiger partial charge in [0.05, 0.1) is 5.41 Å². The Labute approximate surface area is 126 Å². The quantitative estimate of drug-likeness (QED) is 0.744. The second-order valence-corrected chi connectivity index (χ2v) is 6.30. The molecule has 1 aromatic rings. The molecule has 0 aliphatic heterocycles. The fraction of sp³-hybridized carbons (Fsp3) is 0.611. The molecule has 0 N–H and O–H groups in total. The number of halogens is 1. The Morgan fingerprint density at radius 1 is 1.38 bits per heavy atom. The van der Waals surface area contributed by atoms with Crippen LogP contribution in [0.15, 0.2) is 24.3 Å². The van der Waals surface area contributed by atoms with Crippen LogP contribution in [0, 0.1) is 5.41 Å². The highest BCUT2D eigenvalue weighted by Crippen LogP contribution is 2.42. The lowest BCUT2D eigenvalue weighted by Crippen LogP contribution is -2.41. The number of hydrogen-bond acceptors (Lipinski definition) is 2. The van der Waals surface area contributed by atoms with Crippen molar-refractivity contribution < 1.29 is 13.9 Å². The lowest BCUT2D eigenvalue weighted by atomic mass is 9.77. The zero-order valence-electron chi connectivity index (χ0n) is 13.2. The predicted octanol–water partition coefficient (Wildman–Crippen LogP) is 4.56. The monoisotopic (exact) mass is 292 g/mol. The SMILES string of the molecule is CCC(C)(CF)C(=O)OC1(CC)CCCc2ccccc21. The number of rotatable bonds is 5. The highest BCUT2D eigenvalue weighted by molar-refractivity contribution is 5.77. The molecule has 0 heterocycles. The fourth-order valence-corrected chi connectivity index (χ4v) is 3.02. The number of hydrogen-bond donors (Lipinski definition) is 0. The maximum absolute atomic E-state index is 13.3. The van der Waals surface area contributed by atoms with E-state index >= 15 is 0 Å². The van der Waals surface area contributed by atoms with Gasteiger partial charge >= 0.3 is 5.97 Å². The molecule has 0 saturated carbocycles. The maximum atomic E-state index is 13.3. The summed E-state index contributed by atoms with van der Waals surface area (Å²) in [4.78, 5) is 12.5. The number of esters is 1. The maximum Gasteiger partial charge on any atom is 0.315 e. The first-order chi connectivity index (χ1) is 10.0. The van der Waals surface area contributed by atoms with Gasteiger partial charge < -0.3 is 4.74 Å². The Hall–Kier alpha value is -1.38. The first kappa shape index (κ1) is 16.0. The van der Waals surface area contributed by atoms with Gasteiger partial charge in [-0.3, -0.25) is 4.79 Å². The summed E-state index contributed by atoms with van der Waals surface area (Å²) in [6, 6.07) is 8.14. The third-order valence-corrected chi connectivity index (χ3v) is 4.96. The highest BCUT2D eigenvalue weighted by atomic mass is 19.1. The number of aryl methyl sites for hydroxylation is 1. The Morgan fingerprint density at radius 2 is 2.10 bits per heavy atom. The molecule has 0 radical (unpaired) electrons. The molecule has 1 aromatic carbocycles. The largest absolute Gasteiger partial charge is 0.454 e. The van der Waals surface area contributed by atoms with E-state index in [1.54, 1.807) is 6.92 Å². The summed E-state index contributed by atoms with van der Waals surface area (Å²) in [6.45, 7) is 4.83. The van der Waals surface area contributed by atoms with Gasteiger partial charge in [0.15, 0.2) is 0 Å². The minimum absolute atomic E-state index is 0.411. The molecule has 3 heteroatoms. The zero-order chi connectivity index (χ0) is 15.5. The molecular weight excluding hydrogens is 267 g/mol. The van der Waals surface area contributed by atoms with Gasteiger partial charge in [0.2, 0.25) is 0 Å². The number of carbonyl (C=O) groups is 1. The molecule has 116 valence electrons. The summed E-state index contributed by atoms with van der Waals surface area (Å²) in [6.07, 6.45) is 4.00. The van der Waals surface area contributed by atoms with Crippen molar-refractivity contribution in [3.63, 3.8) is 0 Å². The molecule has 0 spiro atoms. The van der Waals surface area contributed by atoms with Crippen LogP contribution in [0.2, 0.25) is 0 Å². The molecule has 0 saturated heterocycles. The van der Waals surface area contributed by atoms with Crippen molar-refractivity contribution in [1.82, 2.24) is 0 Å². The molecular formula is C18H25FO2. The number of benzene rings is 1. The smallest absolute Gasteiger partial charge is 0.315 e. The molecule has 2 unspecified atom stereocenters. The Bertz CT molecular complexity index is 508. The van der Waals surface area contributed by atoms with E-state index < -0.39 is 23.7 Å². The lowest BCUT2D eigenvalue weighted by molar-refractivity contribution is -0.176. The van der Waals surface area contributed by atoms with E-state index in [9.17, 15) is 9.18 Å². The first-order valence-electron chi connectivity index (χ1n) is 7.89. The summed E-state index contributed by atoms with van der Waals surface area (Å²) in [5.41, 5.74) is 0.729. The van der Waals surface area contributed by atoms with Crippen molar-refractivity contribution in [2.45, 2.75) is 58.5 Å². The van der Waals surface area contributed by atoms with Crippen LogP contribution in [0.5, 0.6) is 0 Å². The average Bonchev–Trinajstić information content (AvgIpc) is 2.54. The van der Waals surface area contributed by atoms with Gasteiger partial charge in [-0.1, -0.05) is 38.1 Å². The number of ether oxygens (including phenoxy) is 1. The third kappa shape index (κ3) is 2.83. The van der Waals surface area contributed by atoms with Crippen LogP contribution < -0.4 is 0 Å². The molecule has 2 rings (SSSR count). The van der Waals surface area contributed by atoms with Crippen molar-refractivity contribution in [2.75, 3.05) is 6.67 Å². The van der Waals surface area contributed by atoms with Crippen LogP contribution in [0.3, 0.4) is 0 Å². The van der Waals surface area contributed by atoms with E-state index in [0.717, 1.165) is 31.2 Å². The minimum Gasteiger partial charge on any atom is -0.454 e. The number of fused-ring (bicyclic) bond motifs is 1. The molecule has 21 heavy (non-hydrogen) atoms. The van der Waals surface area contributed by atoms with Crippen molar-refractivity contribution in [3.05, 3.63) is 35.4 Å². The van der Waals surface area contributed by atoms with Crippen LogP contribution in [0.1, 0.15) is 57.6 Å². The molecule has 1 aliphatic rings. The Morgan fingerprint density at radius 3 is 2.71 bits per heavy atom. The predicted molar refractivity (Wildman–Crippen MR) is 81.8 cm³/mol. The van der Waals surface area contributed by atoms with Gasteiger partial charge in [-0.05, 0) is 50.2 Å². The van der Waals surface area contributed by atoms with Crippen molar-refractivity contribution in [1.29, 1.82) is 0 Å². The van der Waals surface area contributed by atoms with Gasteiger partial charge in [-0.25, -0.2) is 4.39 Å². The summed E-state index contributed by atoms with van der Waals surface area (Å²) in [5.74, 6) is -0.411. The standard InChI is InChI=1S/C18H25FO2/c1-4-17(3,13-19)16(20)21-18(5-2)12-8-10-14-9-6-7-11-15(14)18/h6-7,9,11H,4-5,8,10,12-13H2,1-3H3. The summed E-state index contributed by atoms with van der Waals surface area (Å²) in [5, 5.41) is 0. The van der Waals surface area contributed by atoms with Gasteiger partial charge in [0.1, 0.15) is 12.3 Å². The molecule has 2 nitrogen and oxygen atoms in total. The lowest BCUT2D eigenvalue weighted by Gasteiger charge is -2.40. The van der Waals surface area contributed by atoms with Crippen molar-refractivity contribution in [2.24, 2.45) is 5.41 Å². The molecule has 0 aromatic heterocycles. The topological polar surface area (TPSA) is 26.3 Å². The Kier molecular flexibility index (Phi) is 4.70. The molecule has 2 atom stereocenters. The Balaban J connectivity index is 2.34. The number of carbonyl (C=O) groups excluding carboxylic acids is 1. The minimum atomic E-state index is -1.03. The first-order valence-corrected chi connectivity index (χ1v) is 7.89. The normalized spacial score (nSPS) is 24.0. The molecule has 0 bridgehead atoms. The van der Waals surface area contributed by atoms with Crippen LogP contribution in [-0.4, -0.2) is 12.6 Å². The zero-order valence-corrected chi connectivity index (χ0v) is 13.2. The molecule has 1 aliphatic carbocycles. The van der Waals surface area contributed by atoms with Crippen LogP contribution in [-0.2, 0) is 21.6 Å². The van der Waals surface area contributed by atoms with Crippen molar-refractivity contribution >= 4 is 5.97 Å². The summed E-state index contributed by atoms with van der Waals surface area (Å²) in [7, 11) is 0. The molecule has 0 fully saturated rings. The van der Waals surface area contributed by atoms with E-state index in [-0.39, 0.29) is 0 Å². The van der Waals surface area contributed by atoms with Gasteiger partial charge in [0, 0.05) is 0 Å². The van der Waals surface area contributed by atoms with E-state index in [1.165, 1.54) is 5.56 Å². The van der Waals surface area contributed by atoms with E-state index in [1.807, 2.05) is 32.0 Å². The van der Waals surface area contributed by atoms with Gasteiger partial charge in [0.25, 0.3) is 0 Å². The second kappa shape index (κ2) is 6.17. The second-order valence-electron chi connectivity index (χ2n) is 6.30. The van der Waals surface area contributed by atoms with E-state index in [4.69, 9.17) is 4.74 Å². The third-order valence-electron chi connectivity index (χ3n) is 4.96. The highest BCUT2D eigenvalue weighted by Gasteiger charge is 2.43. The van der Waals surface area contributed by atoms with Crippen LogP contribution in [0.25, 0.3) is 0 Å². The van der Waals surface area contributed by atoms with Gasteiger partial charge in [-0.2, -0.15) is 0 Å². The van der Waals surface area contributed by atoms with E-state index in [2.05, 4.69) is 6.07 Å².